The summed E-state index contributed by atoms with van der Waals surface area (Å²) in [5, 5.41) is 35.2. The fourth-order valence-electron chi connectivity index (χ4n) is 2.45. The van der Waals surface area contributed by atoms with E-state index in [9.17, 15) is 14.7 Å². The predicted molar refractivity (Wildman–Crippen MR) is 131 cm³/mol. The molecule has 0 aliphatic carbocycles. The Morgan fingerprint density at radius 3 is 1.55 bits per heavy atom. The van der Waals surface area contributed by atoms with E-state index >= 15 is 0 Å². The van der Waals surface area contributed by atoms with Crippen LogP contribution >= 0.6 is 22.6 Å². The normalized spacial score (nSPS) is 12.8. The minimum absolute atomic E-state index is 0.319. The molecule has 0 aromatic heterocycles. The van der Waals surface area contributed by atoms with Crippen LogP contribution in [0.3, 0.4) is 0 Å². The highest BCUT2D eigenvalue weighted by molar-refractivity contribution is 14.1. The number of aromatic carboxylic acids is 2. The van der Waals surface area contributed by atoms with Gasteiger partial charge in [0.05, 0.1) is 23.3 Å². The summed E-state index contributed by atoms with van der Waals surface area (Å²) in [4.78, 5) is 20.4. The number of aliphatic hydroxyl groups excluding tert-OH is 2. The first-order valence-electron chi connectivity index (χ1n) is 10.2. The highest BCUT2D eigenvalue weighted by Crippen LogP contribution is 2.15. The summed E-state index contributed by atoms with van der Waals surface area (Å²) in [6.07, 6.45) is 4.08. The Bertz CT molecular complexity index is 672. The van der Waals surface area contributed by atoms with Crippen molar-refractivity contribution in [3.8, 4) is 0 Å². The number of hydrogen-bond donors (Lipinski definition) is 4. The number of hydrogen-bond acceptors (Lipinski definition) is 4. The van der Waals surface area contributed by atoms with Crippen LogP contribution in [0.1, 0.15) is 66.7 Å². The lowest BCUT2D eigenvalue weighted by Crippen LogP contribution is -2.15. The van der Waals surface area contributed by atoms with Gasteiger partial charge in [0.25, 0.3) is 0 Å². The van der Waals surface area contributed by atoms with Gasteiger partial charge in [-0.05, 0) is 63.3 Å². The maximum atomic E-state index is 10.2. The number of benzene rings is 2. The Kier molecular flexibility index (Phi) is 16.6. The zero-order valence-corrected chi connectivity index (χ0v) is 20.2. The Labute approximate surface area is 198 Å². The number of carbonyl (C=O) groups is 2. The maximum absolute atomic E-state index is 10.2. The molecule has 0 saturated carbocycles. The number of carboxylic acids is 2. The zero-order valence-electron chi connectivity index (χ0n) is 18.0. The van der Waals surface area contributed by atoms with Gasteiger partial charge in [0.15, 0.2) is 0 Å². The van der Waals surface area contributed by atoms with Crippen LogP contribution in [0.2, 0.25) is 0 Å². The van der Waals surface area contributed by atoms with Gasteiger partial charge in [-0.2, -0.15) is 0 Å². The lowest BCUT2D eigenvalue weighted by atomic mass is 10.1. The molecular weight excluding hydrogens is 511 g/mol. The van der Waals surface area contributed by atoms with Crippen molar-refractivity contribution < 1.29 is 30.0 Å². The molecule has 0 aliphatic rings. The summed E-state index contributed by atoms with van der Waals surface area (Å²) < 4.78 is 0.733. The molecule has 7 heteroatoms. The van der Waals surface area contributed by atoms with Crippen LogP contribution in [-0.2, 0) is 0 Å². The molecule has 0 aliphatic heterocycles. The minimum atomic E-state index is -0.879. The molecule has 2 rings (SSSR count). The van der Waals surface area contributed by atoms with E-state index in [0.717, 1.165) is 16.8 Å². The van der Waals surface area contributed by atoms with E-state index in [-0.39, 0.29) is 12.2 Å². The van der Waals surface area contributed by atoms with Gasteiger partial charge in [-0.25, -0.2) is 9.59 Å². The first-order chi connectivity index (χ1) is 14.7. The molecule has 0 saturated heterocycles. The topological polar surface area (TPSA) is 115 Å². The van der Waals surface area contributed by atoms with Crippen LogP contribution in [0.15, 0.2) is 60.7 Å². The van der Waals surface area contributed by atoms with Crippen molar-refractivity contribution in [2.24, 2.45) is 0 Å². The molecule has 0 fully saturated rings. The quantitative estimate of drug-likeness (QED) is 0.253. The van der Waals surface area contributed by atoms with E-state index in [4.69, 9.17) is 15.3 Å². The molecular formula is C24H33IO6. The highest BCUT2D eigenvalue weighted by Gasteiger charge is 2.08. The van der Waals surface area contributed by atoms with E-state index in [1.807, 2.05) is 0 Å². The zero-order chi connectivity index (χ0) is 23.6. The van der Waals surface area contributed by atoms with Crippen LogP contribution in [0.25, 0.3) is 0 Å². The SMILES string of the molecule is CCC(I)CCCC(O)CC(C)O.O=C(O)c1ccccc1.O=C(O)c1ccccc1. The van der Waals surface area contributed by atoms with E-state index < -0.39 is 11.9 Å². The third kappa shape index (κ3) is 16.4. The van der Waals surface area contributed by atoms with Gasteiger partial charge in [-0.15, -0.1) is 0 Å². The van der Waals surface area contributed by atoms with E-state index in [1.54, 1.807) is 67.6 Å². The average Bonchev–Trinajstić information content (AvgIpc) is 2.75. The van der Waals surface area contributed by atoms with Crippen molar-refractivity contribution in [2.75, 3.05) is 0 Å². The maximum Gasteiger partial charge on any atom is 0.335 e. The molecule has 172 valence electrons. The molecule has 0 amide bonds. The summed E-state index contributed by atoms with van der Waals surface area (Å²) in [5.41, 5.74) is 0.662. The van der Waals surface area contributed by atoms with Crippen molar-refractivity contribution in [1.82, 2.24) is 0 Å². The number of rotatable bonds is 9. The van der Waals surface area contributed by atoms with Crippen LogP contribution in [-0.4, -0.2) is 48.5 Å². The Morgan fingerprint density at radius 1 is 0.839 bits per heavy atom. The van der Waals surface area contributed by atoms with E-state index in [0.29, 0.717) is 17.5 Å². The fraction of sp³-hybridized carbons (Fsp3) is 0.417. The third-order valence-corrected chi connectivity index (χ3v) is 5.66. The van der Waals surface area contributed by atoms with E-state index in [1.165, 1.54) is 12.8 Å². The van der Waals surface area contributed by atoms with Crippen molar-refractivity contribution in [3.05, 3.63) is 71.8 Å². The molecule has 3 atom stereocenters. The molecule has 6 nitrogen and oxygen atoms in total. The first-order valence-corrected chi connectivity index (χ1v) is 11.5. The van der Waals surface area contributed by atoms with Gasteiger partial charge in [-0.3, -0.25) is 0 Å². The average molecular weight is 544 g/mol. The smallest absolute Gasteiger partial charge is 0.335 e. The number of halogens is 1. The third-order valence-electron chi connectivity index (χ3n) is 4.15. The first kappa shape index (κ1) is 29.0. The lowest BCUT2D eigenvalue weighted by molar-refractivity contribution is 0.0686. The van der Waals surface area contributed by atoms with Crippen LogP contribution in [0, 0.1) is 0 Å². The van der Waals surface area contributed by atoms with Gasteiger partial charge < -0.3 is 20.4 Å². The molecule has 0 spiro atoms. The summed E-state index contributed by atoms with van der Waals surface area (Å²) in [6.45, 7) is 3.90. The second-order valence-corrected chi connectivity index (χ2v) is 8.78. The molecule has 3 unspecified atom stereocenters. The summed E-state index contributed by atoms with van der Waals surface area (Å²) >= 11 is 2.45. The summed E-state index contributed by atoms with van der Waals surface area (Å²) in [7, 11) is 0. The fourth-order valence-corrected chi connectivity index (χ4v) is 2.89. The van der Waals surface area contributed by atoms with Crippen molar-refractivity contribution in [2.45, 2.75) is 62.1 Å². The number of carboxylic acid groups (broad SMARTS) is 2. The van der Waals surface area contributed by atoms with Gasteiger partial charge in [0.2, 0.25) is 0 Å². The molecule has 0 bridgehead atoms. The lowest BCUT2D eigenvalue weighted by Gasteiger charge is -2.13. The molecule has 0 heterocycles. The molecule has 0 radical (unpaired) electrons. The van der Waals surface area contributed by atoms with E-state index in [2.05, 4.69) is 29.5 Å². The summed E-state index contributed by atoms with van der Waals surface area (Å²) in [6, 6.07) is 16.6. The second kappa shape index (κ2) is 17.7. The Balaban J connectivity index is 0.000000445. The van der Waals surface area contributed by atoms with Crippen molar-refractivity contribution in [3.63, 3.8) is 0 Å². The van der Waals surface area contributed by atoms with Gasteiger partial charge in [0, 0.05) is 3.92 Å². The number of alkyl halides is 1. The Hall–Kier alpha value is -1.97. The number of aliphatic hydroxyl groups is 2. The standard InChI is InChI=1S/C10H21IO2.2C7H6O2/c1-3-9(11)5-4-6-10(13)7-8(2)12;2*8-7(9)6-4-2-1-3-5-6/h8-10,12-13H,3-7H2,1-2H3;2*1-5H,(H,8,9). The van der Waals surface area contributed by atoms with Crippen LogP contribution in [0.4, 0.5) is 0 Å². The van der Waals surface area contributed by atoms with Crippen molar-refractivity contribution in [1.29, 1.82) is 0 Å². The predicted octanol–water partition coefficient (Wildman–Crippen LogP) is 5.27. The summed E-state index contributed by atoms with van der Waals surface area (Å²) in [5.74, 6) is -1.76. The monoisotopic (exact) mass is 544 g/mol. The van der Waals surface area contributed by atoms with Crippen LogP contribution in [0.5, 0.6) is 0 Å². The molecule has 31 heavy (non-hydrogen) atoms. The van der Waals surface area contributed by atoms with Gasteiger partial charge in [-0.1, -0.05) is 65.9 Å². The second-order valence-electron chi connectivity index (χ2n) is 7.02. The van der Waals surface area contributed by atoms with Crippen molar-refractivity contribution >= 4 is 34.5 Å². The molecule has 4 N–H and O–H groups in total. The minimum Gasteiger partial charge on any atom is -0.478 e. The highest BCUT2D eigenvalue weighted by atomic mass is 127. The Morgan fingerprint density at radius 2 is 1.26 bits per heavy atom. The molecule has 2 aromatic carbocycles. The largest absolute Gasteiger partial charge is 0.478 e. The van der Waals surface area contributed by atoms with Gasteiger partial charge in [0.1, 0.15) is 0 Å². The van der Waals surface area contributed by atoms with Crippen LogP contribution < -0.4 is 0 Å². The molecule has 2 aromatic rings. The van der Waals surface area contributed by atoms with Gasteiger partial charge >= 0.3 is 11.9 Å².